The van der Waals surface area contributed by atoms with Crippen LogP contribution < -0.4 is 5.73 Å². The smallest absolute Gasteiger partial charge is 0.129 e. The van der Waals surface area contributed by atoms with Gasteiger partial charge in [-0.25, -0.2) is 4.98 Å². The highest BCUT2D eigenvalue weighted by Gasteiger charge is 2.36. The Hall–Kier alpha value is -0.310. The molecule has 1 unspecified atom stereocenters. The van der Waals surface area contributed by atoms with Gasteiger partial charge in [-0.2, -0.15) is 0 Å². The summed E-state index contributed by atoms with van der Waals surface area (Å²) in [6.45, 7) is 8.15. The summed E-state index contributed by atoms with van der Waals surface area (Å²) in [6.07, 6.45) is 1.54. The van der Waals surface area contributed by atoms with Gasteiger partial charge in [0.15, 0.2) is 0 Å². The van der Waals surface area contributed by atoms with Gasteiger partial charge < -0.3 is 5.73 Å². The van der Waals surface area contributed by atoms with Gasteiger partial charge in [-0.15, -0.1) is 0 Å². The number of nitrogens with two attached hydrogens (primary N) is 1. The number of pyridine rings is 1. The first-order chi connectivity index (χ1) is 6.66. The molecule has 0 aliphatic rings. The molecule has 0 saturated carbocycles. The van der Waals surface area contributed by atoms with Gasteiger partial charge in [-0.05, 0) is 24.0 Å². The summed E-state index contributed by atoms with van der Waals surface area (Å²) >= 11 is 11.9. The van der Waals surface area contributed by atoms with Crippen LogP contribution in [-0.2, 0) is 5.54 Å². The van der Waals surface area contributed by atoms with Crippen molar-refractivity contribution in [2.45, 2.75) is 33.2 Å². The minimum Gasteiger partial charge on any atom is -0.321 e. The molecule has 0 fully saturated rings. The molecule has 1 rings (SSSR count). The maximum absolute atomic E-state index is 6.31. The molecule has 15 heavy (non-hydrogen) atoms. The minimum absolute atomic E-state index is 0.110. The van der Waals surface area contributed by atoms with E-state index in [1.54, 1.807) is 6.07 Å². The lowest BCUT2D eigenvalue weighted by Gasteiger charge is -2.39. The van der Waals surface area contributed by atoms with Crippen LogP contribution >= 0.6 is 23.2 Å². The fourth-order valence-electron chi connectivity index (χ4n) is 1.22. The van der Waals surface area contributed by atoms with Crippen LogP contribution in [0.5, 0.6) is 0 Å². The Balaban J connectivity index is 3.32. The molecule has 1 aromatic heterocycles. The molecule has 0 aliphatic carbocycles. The standard InChI is InChI=1S/C11H16Cl2N2/c1-10(2,3)11(4,14)7-5-9(13)15-6-8(7)12/h5-6H,14H2,1-4H3. The summed E-state index contributed by atoms with van der Waals surface area (Å²) in [7, 11) is 0. The Kier molecular flexibility index (Phi) is 3.34. The van der Waals surface area contributed by atoms with Crippen LogP contribution in [0.25, 0.3) is 0 Å². The highest BCUT2D eigenvalue weighted by Crippen LogP contribution is 2.40. The second-order valence-electron chi connectivity index (χ2n) is 4.94. The molecule has 2 nitrogen and oxygen atoms in total. The Morgan fingerprint density at radius 1 is 1.20 bits per heavy atom. The third-order valence-corrected chi connectivity index (χ3v) is 3.45. The molecule has 0 bridgehead atoms. The lowest BCUT2D eigenvalue weighted by Crippen LogP contribution is -2.45. The third-order valence-electron chi connectivity index (χ3n) is 2.94. The van der Waals surface area contributed by atoms with E-state index in [9.17, 15) is 0 Å². The predicted octanol–water partition coefficient (Wildman–Crippen LogP) is 3.61. The van der Waals surface area contributed by atoms with Crippen molar-refractivity contribution >= 4 is 23.2 Å². The van der Waals surface area contributed by atoms with E-state index in [2.05, 4.69) is 25.8 Å². The van der Waals surface area contributed by atoms with E-state index in [0.717, 1.165) is 5.56 Å². The topological polar surface area (TPSA) is 38.9 Å². The van der Waals surface area contributed by atoms with Crippen LogP contribution in [0.3, 0.4) is 0 Å². The van der Waals surface area contributed by atoms with Crippen molar-refractivity contribution in [3.05, 3.63) is 28.0 Å². The lowest BCUT2D eigenvalue weighted by atomic mass is 9.71. The summed E-state index contributed by atoms with van der Waals surface area (Å²) in [5.41, 5.74) is 6.49. The number of aromatic nitrogens is 1. The van der Waals surface area contributed by atoms with E-state index in [1.807, 2.05) is 6.92 Å². The highest BCUT2D eigenvalue weighted by molar-refractivity contribution is 6.32. The molecule has 1 aromatic rings. The summed E-state index contributed by atoms with van der Waals surface area (Å²) in [5, 5.41) is 0.967. The van der Waals surface area contributed by atoms with Gasteiger partial charge in [0.1, 0.15) is 5.15 Å². The largest absolute Gasteiger partial charge is 0.321 e. The maximum Gasteiger partial charge on any atom is 0.129 e. The van der Waals surface area contributed by atoms with Gasteiger partial charge in [-0.1, -0.05) is 44.0 Å². The van der Waals surface area contributed by atoms with Gasteiger partial charge in [0, 0.05) is 11.7 Å². The van der Waals surface area contributed by atoms with Crippen LogP contribution in [0.15, 0.2) is 12.3 Å². The molecule has 0 saturated heterocycles. The number of rotatable bonds is 1. The Bertz CT molecular complexity index is 367. The fourth-order valence-corrected chi connectivity index (χ4v) is 1.67. The van der Waals surface area contributed by atoms with Gasteiger partial charge in [-0.3, -0.25) is 0 Å². The lowest BCUT2D eigenvalue weighted by molar-refractivity contribution is 0.210. The van der Waals surface area contributed by atoms with E-state index in [0.29, 0.717) is 10.2 Å². The molecule has 84 valence electrons. The molecule has 0 amide bonds. The zero-order chi connectivity index (χ0) is 11.9. The van der Waals surface area contributed by atoms with E-state index in [-0.39, 0.29) is 5.41 Å². The number of nitrogens with zero attached hydrogens (tertiary/aromatic N) is 1. The van der Waals surface area contributed by atoms with Crippen molar-refractivity contribution in [3.8, 4) is 0 Å². The van der Waals surface area contributed by atoms with Gasteiger partial charge in [0.2, 0.25) is 0 Å². The van der Waals surface area contributed by atoms with E-state index in [4.69, 9.17) is 28.9 Å². The summed E-state index contributed by atoms with van der Waals surface area (Å²) in [4.78, 5) is 3.91. The van der Waals surface area contributed by atoms with Crippen LogP contribution in [-0.4, -0.2) is 4.98 Å². The van der Waals surface area contributed by atoms with Gasteiger partial charge in [0.05, 0.1) is 5.02 Å². The SMILES string of the molecule is CC(C)(C)C(C)(N)c1cc(Cl)ncc1Cl. The Morgan fingerprint density at radius 3 is 2.20 bits per heavy atom. The summed E-state index contributed by atoms with van der Waals surface area (Å²) in [6, 6.07) is 1.73. The molecule has 0 aliphatic heterocycles. The molecule has 1 atom stereocenters. The second-order valence-corrected chi connectivity index (χ2v) is 5.73. The molecule has 0 aromatic carbocycles. The Morgan fingerprint density at radius 2 is 1.73 bits per heavy atom. The average Bonchev–Trinajstić information content (AvgIpc) is 2.07. The highest BCUT2D eigenvalue weighted by atomic mass is 35.5. The quantitative estimate of drug-likeness (QED) is 0.770. The van der Waals surface area contributed by atoms with Crippen LogP contribution in [0.4, 0.5) is 0 Å². The predicted molar refractivity (Wildman–Crippen MR) is 65.3 cm³/mol. The van der Waals surface area contributed by atoms with E-state index in [1.165, 1.54) is 6.20 Å². The van der Waals surface area contributed by atoms with Crippen molar-refractivity contribution in [2.24, 2.45) is 11.1 Å². The zero-order valence-electron chi connectivity index (χ0n) is 9.44. The maximum atomic E-state index is 6.31. The second kappa shape index (κ2) is 3.93. The molecule has 1 heterocycles. The molecule has 0 spiro atoms. The van der Waals surface area contributed by atoms with Crippen molar-refractivity contribution in [3.63, 3.8) is 0 Å². The Labute approximate surface area is 101 Å². The fraction of sp³-hybridized carbons (Fsp3) is 0.545. The molecule has 4 heteroatoms. The number of halogens is 2. The van der Waals surface area contributed by atoms with Crippen LogP contribution in [0.1, 0.15) is 33.3 Å². The van der Waals surface area contributed by atoms with Crippen molar-refractivity contribution in [1.29, 1.82) is 0 Å². The minimum atomic E-state index is -0.545. The van der Waals surface area contributed by atoms with Crippen molar-refractivity contribution < 1.29 is 0 Å². The monoisotopic (exact) mass is 246 g/mol. The molecule has 2 N–H and O–H groups in total. The molecular formula is C11H16Cl2N2. The third kappa shape index (κ3) is 2.44. The first-order valence-corrected chi connectivity index (χ1v) is 5.52. The van der Waals surface area contributed by atoms with Gasteiger partial charge >= 0.3 is 0 Å². The first kappa shape index (κ1) is 12.8. The number of hydrogen-bond acceptors (Lipinski definition) is 2. The van der Waals surface area contributed by atoms with Crippen molar-refractivity contribution in [1.82, 2.24) is 4.98 Å². The van der Waals surface area contributed by atoms with Crippen molar-refractivity contribution in [2.75, 3.05) is 0 Å². The van der Waals surface area contributed by atoms with E-state index < -0.39 is 5.54 Å². The van der Waals surface area contributed by atoms with Crippen LogP contribution in [0, 0.1) is 5.41 Å². The number of hydrogen-bond donors (Lipinski definition) is 1. The van der Waals surface area contributed by atoms with E-state index >= 15 is 0 Å². The van der Waals surface area contributed by atoms with Gasteiger partial charge in [0.25, 0.3) is 0 Å². The zero-order valence-corrected chi connectivity index (χ0v) is 10.9. The summed E-state index contributed by atoms with van der Waals surface area (Å²) < 4.78 is 0. The molecule has 0 radical (unpaired) electrons. The first-order valence-electron chi connectivity index (χ1n) is 4.76. The molecular weight excluding hydrogens is 231 g/mol. The average molecular weight is 247 g/mol. The van der Waals surface area contributed by atoms with Crippen LogP contribution in [0.2, 0.25) is 10.2 Å². The normalized spacial score (nSPS) is 16.2. The summed E-state index contributed by atoms with van der Waals surface area (Å²) in [5.74, 6) is 0.